The predicted molar refractivity (Wildman–Crippen MR) is 80.5 cm³/mol. The van der Waals surface area contributed by atoms with E-state index in [9.17, 15) is 10.1 Å². The Kier molecular flexibility index (Phi) is 3.70. The molecule has 2 atom stereocenters. The number of methoxy groups -OCH3 is 1. The fourth-order valence-corrected chi connectivity index (χ4v) is 2.94. The van der Waals surface area contributed by atoms with E-state index >= 15 is 0 Å². The van der Waals surface area contributed by atoms with E-state index in [1.165, 1.54) is 6.07 Å². The Morgan fingerprint density at radius 3 is 2.95 bits per heavy atom. The van der Waals surface area contributed by atoms with Gasteiger partial charge in [0.25, 0.3) is 5.69 Å². The summed E-state index contributed by atoms with van der Waals surface area (Å²) in [6, 6.07) is 7.05. The molecule has 2 aromatic rings. The lowest BCUT2D eigenvalue weighted by atomic mass is 10.1. The maximum atomic E-state index is 11.1. The molecule has 0 aliphatic heterocycles. The molecule has 0 radical (unpaired) electrons. The number of fused-ring (bicyclic) bond motifs is 1. The molecule has 0 spiro atoms. The number of benzene rings is 1. The van der Waals surface area contributed by atoms with Crippen molar-refractivity contribution in [3.8, 4) is 0 Å². The molecule has 1 saturated carbocycles. The van der Waals surface area contributed by atoms with Crippen molar-refractivity contribution < 1.29 is 9.66 Å². The molecule has 1 heterocycles. The first kappa shape index (κ1) is 13.8. The molecule has 1 N–H and O–H groups in total. The first-order chi connectivity index (χ1) is 10.2. The number of hydrogen-bond donors (Lipinski definition) is 1. The van der Waals surface area contributed by atoms with Gasteiger partial charge in [0.1, 0.15) is 5.52 Å². The zero-order chi connectivity index (χ0) is 14.8. The molecular weight excluding hydrogens is 270 g/mol. The van der Waals surface area contributed by atoms with Gasteiger partial charge in [-0.1, -0.05) is 0 Å². The zero-order valence-corrected chi connectivity index (χ0v) is 11.8. The summed E-state index contributed by atoms with van der Waals surface area (Å²) < 4.78 is 5.37. The smallest absolute Gasteiger partial charge is 0.278 e. The summed E-state index contributed by atoms with van der Waals surface area (Å²) >= 11 is 0. The molecule has 110 valence electrons. The van der Waals surface area contributed by atoms with Crippen LogP contribution in [0.1, 0.15) is 19.3 Å². The van der Waals surface area contributed by atoms with Crippen LogP contribution in [0.2, 0.25) is 0 Å². The summed E-state index contributed by atoms with van der Waals surface area (Å²) in [7, 11) is 1.73. The van der Waals surface area contributed by atoms with Gasteiger partial charge in [-0.05, 0) is 37.5 Å². The lowest BCUT2D eigenvalue weighted by Gasteiger charge is -2.15. The van der Waals surface area contributed by atoms with Crippen molar-refractivity contribution in [2.24, 2.45) is 0 Å². The predicted octanol–water partition coefficient (Wildman–Crippen LogP) is 3.12. The number of pyridine rings is 1. The molecule has 1 fully saturated rings. The molecule has 1 aliphatic rings. The summed E-state index contributed by atoms with van der Waals surface area (Å²) in [5, 5.41) is 15.1. The van der Waals surface area contributed by atoms with Gasteiger partial charge in [0, 0.05) is 25.4 Å². The minimum atomic E-state index is -0.371. The Morgan fingerprint density at radius 1 is 1.38 bits per heavy atom. The maximum absolute atomic E-state index is 11.1. The third-order valence-electron chi connectivity index (χ3n) is 4.02. The summed E-state index contributed by atoms with van der Waals surface area (Å²) in [4.78, 5) is 15.0. The van der Waals surface area contributed by atoms with Crippen LogP contribution in [0.3, 0.4) is 0 Å². The van der Waals surface area contributed by atoms with Crippen LogP contribution in [0, 0.1) is 10.1 Å². The molecule has 21 heavy (non-hydrogen) atoms. The van der Waals surface area contributed by atoms with Gasteiger partial charge in [-0.25, -0.2) is 0 Å². The molecule has 1 aromatic heterocycles. The van der Waals surface area contributed by atoms with Crippen LogP contribution in [0.4, 0.5) is 11.4 Å². The van der Waals surface area contributed by atoms with Crippen LogP contribution in [0.25, 0.3) is 10.9 Å². The van der Waals surface area contributed by atoms with E-state index in [-0.39, 0.29) is 10.6 Å². The molecular formula is C15H17N3O3. The van der Waals surface area contributed by atoms with E-state index in [0.717, 1.165) is 24.9 Å². The van der Waals surface area contributed by atoms with Crippen molar-refractivity contribution >= 4 is 22.3 Å². The number of hydrogen-bond acceptors (Lipinski definition) is 5. The van der Waals surface area contributed by atoms with Gasteiger partial charge in [-0.3, -0.25) is 15.1 Å². The number of nitro benzene ring substituents is 1. The van der Waals surface area contributed by atoms with Crippen LogP contribution in [0.5, 0.6) is 0 Å². The van der Waals surface area contributed by atoms with E-state index in [4.69, 9.17) is 4.74 Å². The average Bonchev–Trinajstić information content (AvgIpc) is 2.95. The molecule has 2 unspecified atom stereocenters. The number of ether oxygens (including phenoxy) is 1. The van der Waals surface area contributed by atoms with Gasteiger partial charge in [-0.15, -0.1) is 0 Å². The van der Waals surface area contributed by atoms with Crippen LogP contribution in [-0.4, -0.2) is 29.2 Å². The molecule has 6 nitrogen and oxygen atoms in total. The minimum Gasteiger partial charge on any atom is -0.381 e. The van der Waals surface area contributed by atoms with Crippen molar-refractivity contribution in [1.82, 2.24) is 4.98 Å². The lowest BCUT2D eigenvalue weighted by molar-refractivity contribution is -0.383. The summed E-state index contributed by atoms with van der Waals surface area (Å²) in [6.07, 6.45) is 4.96. The number of nitrogens with one attached hydrogen (secondary N) is 1. The molecule has 0 bridgehead atoms. The maximum Gasteiger partial charge on any atom is 0.278 e. The SMILES string of the molecule is COC1CCC(Nc2ccc([N+](=O)[O-])c3cccnc23)C1. The molecule has 6 heteroatoms. The minimum absolute atomic E-state index is 0.0878. The van der Waals surface area contributed by atoms with Crippen molar-refractivity contribution in [3.63, 3.8) is 0 Å². The van der Waals surface area contributed by atoms with E-state index in [1.54, 1.807) is 31.5 Å². The largest absolute Gasteiger partial charge is 0.381 e. The topological polar surface area (TPSA) is 77.3 Å². The second-order valence-electron chi connectivity index (χ2n) is 5.30. The second kappa shape index (κ2) is 5.65. The number of rotatable bonds is 4. The average molecular weight is 287 g/mol. The van der Waals surface area contributed by atoms with Crippen molar-refractivity contribution in [2.45, 2.75) is 31.4 Å². The van der Waals surface area contributed by atoms with Gasteiger partial charge in [0.2, 0.25) is 0 Å². The van der Waals surface area contributed by atoms with Crippen LogP contribution in [0.15, 0.2) is 30.5 Å². The molecule has 0 saturated heterocycles. The monoisotopic (exact) mass is 287 g/mol. The van der Waals surface area contributed by atoms with E-state index in [0.29, 0.717) is 23.0 Å². The molecule has 0 amide bonds. The molecule has 3 rings (SSSR count). The second-order valence-corrected chi connectivity index (χ2v) is 5.30. The summed E-state index contributed by atoms with van der Waals surface area (Å²) in [6.45, 7) is 0. The highest BCUT2D eigenvalue weighted by atomic mass is 16.6. The normalized spacial score (nSPS) is 21.6. The van der Waals surface area contributed by atoms with Crippen molar-refractivity contribution in [2.75, 3.05) is 12.4 Å². The van der Waals surface area contributed by atoms with Crippen molar-refractivity contribution in [3.05, 3.63) is 40.6 Å². The highest BCUT2D eigenvalue weighted by Crippen LogP contribution is 2.32. The van der Waals surface area contributed by atoms with E-state index in [2.05, 4.69) is 10.3 Å². The zero-order valence-electron chi connectivity index (χ0n) is 11.8. The molecule has 1 aromatic carbocycles. The highest BCUT2D eigenvalue weighted by Gasteiger charge is 2.25. The van der Waals surface area contributed by atoms with Gasteiger partial charge in [-0.2, -0.15) is 0 Å². The van der Waals surface area contributed by atoms with Crippen LogP contribution < -0.4 is 5.32 Å². The quantitative estimate of drug-likeness (QED) is 0.690. The van der Waals surface area contributed by atoms with E-state index < -0.39 is 0 Å². The molecule has 1 aliphatic carbocycles. The Hall–Kier alpha value is -2.21. The Morgan fingerprint density at radius 2 is 2.24 bits per heavy atom. The number of nitrogens with zero attached hydrogens (tertiary/aromatic N) is 2. The first-order valence-corrected chi connectivity index (χ1v) is 7.00. The number of non-ortho nitro benzene ring substituents is 1. The van der Waals surface area contributed by atoms with Gasteiger partial charge in [0.05, 0.1) is 22.1 Å². The fraction of sp³-hybridized carbons (Fsp3) is 0.400. The van der Waals surface area contributed by atoms with Gasteiger partial charge in [0.15, 0.2) is 0 Å². The number of aromatic nitrogens is 1. The van der Waals surface area contributed by atoms with E-state index in [1.807, 2.05) is 0 Å². The van der Waals surface area contributed by atoms with Crippen molar-refractivity contribution in [1.29, 1.82) is 0 Å². The standard InChI is InChI=1S/C15H17N3O3/c1-21-11-5-4-10(9-11)17-13-6-7-14(18(19)20)12-3-2-8-16-15(12)13/h2-3,6-8,10-11,17H,4-5,9H2,1H3. The van der Waals surface area contributed by atoms with Crippen LogP contribution >= 0.6 is 0 Å². The Bertz CT molecular complexity index is 674. The lowest BCUT2D eigenvalue weighted by Crippen LogP contribution is -2.17. The Balaban J connectivity index is 1.93. The highest BCUT2D eigenvalue weighted by molar-refractivity contribution is 5.96. The fourth-order valence-electron chi connectivity index (χ4n) is 2.94. The third kappa shape index (κ3) is 2.67. The number of nitro groups is 1. The Labute approximate surface area is 122 Å². The number of anilines is 1. The first-order valence-electron chi connectivity index (χ1n) is 7.00. The van der Waals surface area contributed by atoms with Crippen LogP contribution in [-0.2, 0) is 4.74 Å². The summed E-state index contributed by atoms with van der Waals surface area (Å²) in [5.41, 5.74) is 1.58. The van der Waals surface area contributed by atoms with Gasteiger partial charge >= 0.3 is 0 Å². The van der Waals surface area contributed by atoms with Gasteiger partial charge < -0.3 is 10.1 Å². The summed E-state index contributed by atoms with van der Waals surface area (Å²) in [5.74, 6) is 0. The third-order valence-corrected chi connectivity index (χ3v) is 4.02.